The lowest BCUT2D eigenvalue weighted by Gasteiger charge is -2.34. The van der Waals surface area contributed by atoms with Gasteiger partial charge in [0.15, 0.2) is 0 Å². The summed E-state index contributed by atoms with van der Waals surface area (Å²) in [6, 6.07) is 9.61. The predicted molar refractivity (Wildman–Crippen MR) is 95.6 cm³/mol. The van der Waals surface area contributed by atoms with Crippen LogP contribution in [-0.2, 0) is 11.3 Å². The minimum absolute atomic E-state index is 0.126. The van der Waals surface area contributed by atoms with E-state index in [1.807, 2.05) is 30.3 Å². The van der Waals surface area contributed by atoms with Crippen LogP contribution in [0.2, 0.25) is 0 Å². The van der Waals surface area contributed by atoms with Crippen molar-refractivity contribution in [1.29, 1.82) is 5.26 Å². The van der Waals surface area contributed by atoms with Crippen molar-refractivity contribution < 1.29 is 9.53 Å². The highest BCUT2D eigenvalue weighted by molar-refractivity contribution is 5.97. The number of methoxy groups -OCH3 is 1. The molecule has 1 heterocycles. The summed E-state index contributed by atoms with van der Waals surface area (Å²) >= 11 is 0. The molecule has 0 atom stereocenters. The van der Waals surface area contributed by atoms with Crippen LogP contribution in [0.4, 0.5) is 0 Å². The molecule has 0 aliphatic carbocycles. The molecule has 0 radical (unpaired) electrons. The second-order valence-electron chi connectivity index (χ2n) is 5.82. The van der Waals surface area contributed by atoms with E-state index in [1.165, 1.54) is 6.20 Å². The molecule has 0 saturated carbocycles. The number of ether oxygens (including phenoxy) is 1. The van der Waals surface area contributed by atoms with Gasteiger partial charge in [0.05, 0.1) is 7.11 Å². The van der Waals surface area contributed by atoms with E-state index in [0.29, 0.717) is 26.2 Å². The molecule has 0 bridgehead atoms. The number of hydrogen-bond acceptors (Lipinski definition) is 6. The maximum atomic E-state index is 12.5. The van der Waals surface area contributed by atoms with Gasteiger partial charge < -0.3 is 20.7 Å². The lowest BCUT2D eigenvalue weighted by atomic mass is 10.2. The van der Waals surface area contributed by atoms with E-state index in [2.05, 4.69) is 10.2 Å². The Morgan fingerprint density at radius 2 is 2.00 bits per heavy atom. The summed E-state index contributed by atoms with van der Waals surface area (Å²) in [5.41, 5.74) is 6.72. The van der Waals surface area contributed by atoms with Gasteiger partial charge in [-0.05, 0) is 17.7 Å². The zero-order valence-electron chi connectivity index (χ0n) is 14.6. The molecule has 1 amide bonds. The molecular formula is C18H25N5O2. The average Bonchev–Trinajstić information content (AvgIpc) is 2.66. The monoisotopic (exact) mass is 343 g/mol. The first-order chi connectivity index (χ1) is 12.2. The normalized spacial score (nSPS) is 15.6. The van der Waals surface area contributed by atoms with E-state index in [1.54, 1.807) is 12.0 Å². The van der Waals surface area contributed by atoms with Crippen LogP contribution >= 0.6 is 0 Å². The maximum absolute atomic E-state index is 12.5. The molecule has 7 nitrogen and oxygen atoms in total. The van der Waals surface area contributed by atoms with Crippen LogP contribution in [0.5, 0.6) is 5.75 Å². The Labute approximate surface area is 148 Å². The van der Waals surface area contributed by atoms with Gasteiger partial charge in [-0.3, -0.25) is 9.69 Å². The van der Waals surface area contributed by atoms with Gasteiger partial charge in [-0.2, -0.15) is 5.26 Å². The number of hydrogen-bond donors (Lipinski definition) is 2. The molecule has 0 unspecified atom stereocenters. The summed E-state index contributed by atoms with van der Waals surface area (Å²) in [6.45, 7) is 4.82. The van der Waals surface area contributed by atoms with Crippen LogP contribution in [0.1, 0.15) is 5.56 Å². The first-order valence-corrected chi connectivity index (χ1v) is 8.36. The average molecular weight is 343 g/mol. The quantitative estimate of drug-likeness (QED) is 0.546. The number of carbonyl (C=O) groups is 1. The fourth-order valence-corrected chi connectivity index (χ4v) is 2.68. The van der Waals surface area contributed by atoms with E-state index in [0.717, 1.165) is 30.9 Å². The second-order valence-corrected chi connectivity index (χ2v) is 5.82. The molecule has 7 heteroatoms. The Morgan fingerprint density at radius 3 is 2.56 bits per heavy atom. The first kappa shape index (κ1) is 18.8. The molecule has 1 aromatic carbocycles. The van der Waals surface area contributed by atoms with Crippen molar-refractivity contribution in [3.8, 4) is 11.8 Å². The fraction of sp³-hybridized carbons (Fsp3) is 0.444. The van der Waals surface area contributed by atoms with E-state index in [9.17, 15) is 10.1 Å². The summed E-state index contributed by atoms with van der Waals surface area (Å²) < 4.78 is 5.11. The lowest BCUT2D eigenvalue weighted by Crippen LogP contribution is -2.50. The molecule has 1 aliphatic heterocycles. The third-order valence-corrected chi connectivity index (χ3v) is 4.17. The van der Waals surface area contributed by atoms with Crippen LogP contribution < -0.4 is 15.8 Å². The molecule has 1 fully saturated rings. The Hall–Kier alpha value is -2.56. The molecule has 0 spiro atoms. The minimum atomic E-state index is -0.225. The standard InChI is InChI=1S/C18H25N5O2/c1-25-17-4-2-15(3-5-17)13-21-14-16(12-20)18(24)23-10-8-22(7-6-19)9-11-23/h2-5,14,21H,6-11,13,19H2,1H3/b16-14-. The van der Waals surface area contributed by atoms with Crippen LogP contribution in [0.15, 0.2) is 36.0 Å². The highest BCUT2D eigenvalue weighted by atomic mass is 16.5. The smallest absolute Gasteiger partial charge is 0.266 e. The SMILES string of the molecule is COc1ccc(CN/C=C(/C#N)C(=O)N2CCN(CCN)CC2)cc1. The van der Waals surface area contributed by atoms with Gasteiger partial charge in [0.25, 0.3) is 5.91 Å². The van der Waals surface area contributed by atoms with Crippen molar-refractivity contribution in [3.05, 3.63) is 41.6 Å². The van der Waals surface area contributed by atoms with E-state index in [-0.39, 0.29) is 11.5 Å². The van der Waals surface area contributed by atoms with Gasteiger partial charge in [-0.15, -0.1) is 0 Å². The van der Waals surface area contributed by atoms with E-state index in [4.69, 9.17) is 10.5 Å². The third-order valence-electron chi connectivity index (χ3n) is 4.17. The number of benzene rings is 1. The zero-order valence-corrected chi connectivity index (χ0v) is 14.6. The van der Waals surface area contributed by atoms with Crippen molar-refractivity contribution in [2.75, 3.05) is 46.4 Å². The van der Waals surface area contributed by atoms with Gasteiger partial charge >= 0.3 is 0 Å². The maximum Gasteiger partial charge on any atom is 0.266 e. The lowest BCUT2D eigenvalue weighted by molar-refractivity contribution is -0.128. The Bertz CT molecular complexity index is 628. The van der Waals surface area contributed by atoms with Crippen molar-refractivity contribution in [2.45, 2.75) is 6.54 Å². The summed E-state index contributed by atoms with van der Waals surface area (Å²) in [6.07, 6.45) is 1.50. The van der Waals surface area contributed by atoms with Crippen LogP contribution in [0, 0.1) is 11.3 Å². The topological polar surface area (TPSA) is 94.6 Å². The molecule has 134 valence electrons. The molecule has 1 aromatic rings. The fourth-order valence-electron chi connectivity index (χ4n) is 2.68. The van der Waals surface area contributed by atoms with Crippen molar-refractivity contribution in [1.82, 2.24) is 15.1 Å². The summed E-state index contributed by atoms with van der Waals surface area (Å²) in [5.74, 6) is 0.568. The number of nitrogens with zero attached hydrogens (tertiary/aromatic N) is 3. The molecule has 25 heavy (non-hydrogen) atoms. The zero-order chi connectivity index (χ0) is 18.1. The largest absolute Gasteiger partial charge is 0.497 e. The molecule has 0 aromatic heterocycles. The Kier molecular flexibility index (Phi) is 7.26. The number of nitrogens with two attached hydrogens (primary N) is 1. The van der Waals surface area contributed by atoms with Gasteiger partial charge in [0.2, 0.25) is 0 Å². The van der Waals surface area contributed by atoms with Gasteiger partial charge in [-0.1, -0.05) is 12.1 Å². The summed E-state index contributed by atoms with van der Waals surface area (Å²) in [7, 11) is 1.62. The number of piperazine rings is 1. The van der Waals surface area contributed by atoms with Crippen LogP contribution in [0.3, 0.4) is 0 Å². The Balaban J connectivity index is 1.86. The van der Waals surface area contributed by atoms with E-state index >= 15 is 0 Å². The molecule has 1 saturated heterocycles. The van der Waals surface area contributed by atoms with Crippen LogP contribution in [-0.4, -0.2) is 62.1 Å². The molecule has 3 N–H and O–H groups in total. The predicted octanol–water partition coefficient (Wildman–Crippen LogP) is 0.295. The van der Waals surface area contributed by atoms with Gasteiger partial charge in [-0.25, -0.2) is 0 Å². The van der Waals surface area contributed by atoms with Crippen molar-refractivity contribution >= 4 is 5.91 Å². The third kappa shape index (κ3) is 5.48. The number of nitriles is 1. The highest BCUT2D eigenvalue weighted by Gasteiger charge is 2.23. The number of rotatable bonds is 7. The first-order valence-electron chi connectivity index (χ1n) is 8.36. The van der Waals surface area contributed by atoms with E-state index < -0.39 is 0 Å². The summed E-state index contributed by atoms with van der Waals surface area (Å²) in [5, 5.41) is 12.3. The number of nitrogens with one attached hydrogen (secondary N) is 1. The van der Waals surface area contributed by atoms with Crippen LogP contribution in [0.25, 0.3) is 0 Å². The molecule has 2 rings (SSSR count). The number of amides is 1. The highest BCUT2D eigenvalue weighted by Crippen LogP contribution is 2.11. The van der Waals surface area contributed by atoms with Crippen molar-refractivity contribution in [2.24, 2.45) is 5.73 Å². The second kappa shape index (κ2) is 9.67. The van der Waals surface area contributed by atoms with Gasteiger partial charge in [0, 0.05) is 52.0 Å². The number of carbonyl (C=O) groups excluding carboxylic acids is 1. The summed E-state index contributed by atoms with van der Waals surface area (Å²) in [4.78, 5) is 16.4. The minimum Gasteiger partial charge on any atom is -0.497 e. The van der Waals surface area contributed by atoms with Gasteiger partial charge in [0.1, 0.15) is 17.4 Å². The molecule has 1 aliphatic rings. The van der Waals surface area contributed by atoms with Crippen molar-refractivity contribution in [3.63, 3.8) is 0 Å². The molecular weight excluding hydrogens is 318 g/mol. The Morgan fingerprint density at radius 1 is 1.32 bits per heavy atom.